The predicted molar refractivity (Wildman–Crippen MR) is 75.5 cm³/mol. The van der Waals surface area contributed by atoms with Crippen LogP contribution >= 0.6 is 0 Å². The van der Waals surface area contributed by atoms with E-state index in [0.29, 0.717) is 12.2 Å². The third-order valence-corrected chi connectivity index (χ3v) is 3.59. The van der Waals surface area contributed by atoms with Crippen molar-refractivity contribution in [1.82, 2.24) is 4.57 Å². The summed E-state index contributed by atoms with van der Waals surface area (Å²) in [5.41, 5.74) is 7.61. The number of aromatic nitrogens is 1. The van der Waals surface area contributed by atoms with Gasteiger partial charge in [0.1, 0.15) is 5.69 Å². The van der Waals surface area contributed by atoms with Gasteiger partial charge < -0.3 is 15.6 Å². The second kappa shape index (κ2) is 5.91. The number of aryl methyl sites for hydroxylation is 1. The van der Waals surface area contributed by atoms with E-state index in [1.54, 1.807) is 6.07 Å². The molecule has 0 radical (unpaired) electrons. The van der Waals surface area contributed by atoms with Gasteiger partial charge in [0.05, 0.1) is 0 Å². The normalized spacial score (nSPS) is 13.9. The van der Waals surface area contributed by atoms with Crippen molar-refractivity contribution < 1.29 is 4.79 Å². The van der Waals surface area contributed by atoms with Gasteiger partial charge >= 0.3 is 6.03 Å². The van der Waals surface area contributed by atoms with E-state index in [1.165, 1.54) is 5.56 Å². The van der Waals surface area contributed by atoms with Crippen LogP contribution < -0.4 is 16.6 Å². The molecule has 19 heavy (non-hydrogen) atoms. The lowest BCUT2D eigenvalue weighted by molar-refractivity contribution is 0.259. The number of rotatable bonds is 4. The number of unbranched alkanes of at least 4 members (excludes halogenated alkanes) is 1. The van der Waals surface area contributed by atoms with Gasteiger partial charge in [-0.2, -0.15) is 0 Å². The van der Waals surface area contributed by atoms with E-state index in [0.717, 1.165) is 44.2 Å². The third kappa shape index (κ3) is 2.97. The minimum atomic E-state index is -0.685. The van der Waals surface area contributed by atoms with E-state index < -0.39 is 6.03 Å². The van der Waals surface area contributed by atoms with Gasteiger partial charge in [0.25, 0.3) is 5.56 Å². The molecule has 1 aliphatic rings. The molecule has 0 aromatic carbocycles. The van der Waals surface area contributed by atoms with Gasteiger partial charge in [-0.15, -0.1) is 0 Å². The first-order valence-corrected chi connectivity index (χ1v) is 6.95. The van der Waals surface area contributed by atoms with Crippen LogP contribution in [0.25, 0.3) is 0 Å². The van der Waals surface area contributed by atoms with Crippen LogP contribution in [0.5, 0.6) is 0 Å². The standard InChI is InChI=1S/C14H21N3O2/c1-2-3-8-17-12-7-5-4-6-10(12)9-11(13(17)18)16-14(15)19/h9H,2-8H2,1H3,(H3,15,16,19). The quantitative estimate of drug-likeness (QED) is 0.871. The van der Waals surface area contributed by atoms with Gasteiger partial charge in [-0.05, 0) is 43.7 Å². The first-order chi connectivity index (χ1) is 9.13. The number of hydrogen-bond acceptors (Lipinski definition) is 2. The average molecular weight is 263 g/mol. The maximum absolute atomic E-state index is 12.4. The van der Waals surface area contributed by atoms with Gasteiger partial charge in [-0.3, -0.25) is 4.79 Å². The summed E-state index contributed by atoms with van der Waals surface area (Å²) in [6.45, 7) is 2.81. The Hall–Kier alpha value is -1.78. The second-order valence-corrected chi connectivity index (χ2v) is 5.04. The lowest BCUT2D eigenvalue weighted by Crippen LogP contribution is -2.32. The molecule has 0 bridgehead atoms. The molecule has 3 N–H and O–H groups in total. The molecule has 0 spiro atoms. The highest BCUT2D eigenvalue weighted by atomic mass is 16.2. The van der Waals surface area contributed by atoms with E-state index in [1.807, 2.05) is 4.57 Å². The van der Waals surface area contributed by atoms with Crippen molar-refractivity contribution in [3.63, 3.8) is 0 Å². The molecule has 2 amide bonds. The van der Waals surface area contributed by atoms with Crippen molar-refractivity contribution in [2.45, 2.75) is 52.0 Å². The van der Waals surface area contributed by atoms with Crippen molar-refractivity contribution in [3.05, 3.63) is 27.7 Å². The van der Waals surface area contributed by atoms with Crippen molar-refractivity contribution in [2.75, 3.05) is 5.32 Å². The largest absolute Gasteiger partial charge is 0.351 e. The third-order valence-electron chi connectivity index (χ3n) is 3.59. The Morgan fingerprint density at radius 3 is 2.84 bits per heavy atom. The lowest BCUT2D eigenvalue weighted by atomic mass is 9.95. The number of nitrogens with zero attached hydrogens (tertiary/aromatic N) is 1. The fraction of sp³-hybridized carbons (Fsp3) is 0.571. The highest BCUT2D eigenvalue weighted by Gasteiger charge is 2.17. The van der Waals surface area contributed by atoms with Crippen LogP contribution in [-0.2, 0) is 19.4 Å². The zero-order chi connectivity index (χ0) is 13.8. The van der Waals surface area contributed by atoms with Gasteiger partial charge in [-0.25, -0.2) is 4.79 Å². The Balaban J connectivity index is 2.47. The average Bonchev–Trinajstić information content (AvgIpc) is 2.38. The molecule has 0 aliphatic heterocycles. The number of amides is 2. The molecule has 2 rings (SSSR count). The summed E-state index contributed by atoms with van der Waals surface area (Å²) >= 11 is 0. The highest BCUT2D eigenvalue weighted by Crippen LogP contribution is 2.22. The van der Waals surface area contributed by atoms with Crippen LogP contribution in [-0.4, -0.2) is 10.6 Å². The number of nitrogens with two attached hydrogens (primary N) is 1. The number of nitrogens with one attached hydrogen (secondary N) is 1. The smallest absolute Gasteiger partial charge is 0.316 e. The molecule has 1 aromatic heterocycles. The van der Waals surface area contributed by atoms with Crippen LogP contribution in [0.1, 0.15) is 43.9 Å². The van der Waals surface area contributed by atoms with Crippen molar-refractivity contribution in [3.8, 4) is 0 Å². The van der Waals surface area contributed by atoms with E-state index in [9.17, 15) is 9.59 Å². The van der Waals surface area contributed by atoms with Crippen molar-refractivity contribution in [1.29, 1.82) is 0 Å². The van der Waals surface area contributed by atoms with Crippen LogP contribution in [0.3, 0.4) is 0 Å². The van der Waals surface area contributed by atoms with Gasteiger partial charge in [-0.1, -0.05) is 13.3 Å². The molecule has 1 aliphatic carbocycles. The molecule has 0 saturated carbocycles. The van der Waals surface area contributed by atoms with Crippen LogP contribution in [0.2, 0.25) is 0 Å². The summed E-state index contributed by atoms with van der Waals surface area (Å²) in [6.07, 6.45) is 6.18. The molecule has 0 unspecified atom stereocenters. The topological polar surface area (TPSA) is 77.1 Å². The van der Waals surface area contributed by atoms with E-state index >= 15 is 0 Å². The fourth-order valence-electron chi connectivity index (χ4n) is 2.66. The number of primary amides is 1. The van der Waals surface area contributed by atoms with Crippen molar-refractivity contribution in [2.24, 2.45) is 5.73 Å². The van der Waals surface area contributed by atoms with E-state index in [4.69, 9.17) is 5.73 Å². The van der Waals surface area contributed by atoms with Crippen molar-refractivity contribution >= 4 is 11.7 Å². The molecule has 1 aromatic rings. The molecular formula is C14H21N3O2. The highest BCUT2D eigenvalue weighted by molar-refractivity contribution is 5.87. The maximum Gasteiger partial charge on any atom is 0.316 e. The predicted octanol–water partition coefficient (Wildman–Crippen LogP) is 2.02. The van der Waals surface area contributed by atoms with Gasteiger partial charge in [0, 0.05) is 12.2 Å². The number of anilines is 1. The summed E-state index contributed by atoms with van der Waals surface area (Å²) in [7, 11) is 0. The van der Waals surface area contributed by atoms with Gasteiger partial charge in [0.15, 0.2) is 0 Å². The Kier molecular flexibility index (Phi) is 4.24. The van der Waals surface area contributed by atoms with E-state index in [2.05, 4.69) is 12.2 Å². The molecule has 5 nitrogen and oxygen atoms in total. The Morgan fingerprint density at radius 1 is 1.42 bits per heavy atom. The van der Waals surface area contributed by atoms with Crippen LogP contribution in [0.15, 0.2) is 10.9 Å². The number of hydrogen-bond donors (Lipinski definition) is 2. The summed E-state index contributed by atoms with van der Waals surface area (Å²) in [4.78, 5) is 23.4. The number of carbonyl (C=O) groups is 1. The fourth-order valence-corrected chi connectivity index (χ4v) is 2.66. The molecular weight excluding hydrogens is 242 g/mol. The first-order valence-electron chi connectivity index (χ1n) is 6.95. The summed E-state index contributed by atoms with van der Waals surface area (Å²) in [6, 6.07) is 1.11. The SMILES string of the molecule is CCCCn1c2c(cc(NC(N)=O)c1=O)CCCC2. The van der Waals surface area contributed by atoms with Gasteiger partial charge in [0.2, 0.25) is 0 Å². The van der Waals surface area contributed by atoms with E-state index in [-0.39, 0.29) is 5.56 Å². The monoisotopic (exact) mass is 263 g/mol. The minimum absolute atomic E-state index is 0.132. The first kappa shape index (κ1) is 13.6. The second-order valence-electron chi connectivity index (χ2n) is 5.04. The molecule has 0 fully saturated rings. The maximum atomic E-state index is 12.4. The molecule has 104 valence electrons. The summed E-state index contributed by atoms with van der Waals surface area (Å²) < 4.78 is 1.82. The molecule has 0 atom stereocenters. The molecule has 0 saturated heterocycles. The molecule has 1 heterocycles. The summed E-state index contributed by atoms with van der Waals surface area (Å²) in [5, 5.41) is 2.45. The van der Waals surface area contributed by atoms with Crippen LogP contribution in [0.4, 0.5) is 10.5 Å². The zero-order valence-corrected chi connectivity index (χ0v) is 11.4. The minimum Gasteiger partial charge on any atom is -0.351 e. The lowest BCUT2D eigenvalue weighted by Gasteiger charge is -2.22. The Bertz CT molecular complexity index is 534. The number of urea groups is 1. The molecule has 5 heteroatoms. The summed E-state index contributed by atoms with van der Waals surface area (Å²) in [5.74, 6) is 0. The number of fused-ring (bicyclic) bond motifs is 1. The number of pyridine rings is 1. The zero-order valence-electron chi connectivity index (χ0n) is 11.4. The van der Waals surface area contributed by atoms with Crippen LogP contribution in [0, 0.1) is 0 Å². The number of carbonyl (C=O) groups excluding carboxylic acids is 1. The Morgan fingerprint density at radius 2 is 2.16 bits per heavy atom. The Labute approximate surface area is 112 Å².